The van der Waals surface area contributed by atoms with Gasteiger partial charge in [0.15, 0.2) is 5.76 Å². The lowest BCUT2D eigenvalue weighted by molar-refractivity contribution is -0.134. The van der Waals surface area contributed by atoms with Gasteiger partial charge < -0.3 is 15.2 Å². The molecule has 2 aromatic rings. The molecule has 0 spiro atoms. The molecule has 1 saturated carbocycles. The standard InChI is InChI=1S/C17H23N5O2S/c18-22-16(14-8-4-10-24-14)19-20-17(22)25-11-15(23)21-9-3-6-12-5-1-2-7-13(12)21/h4,8,10,12-13H,1-3,5-7,9,11,18H2. The Morgan fingerprint density at radius 2 is 2.12 bits per heavy atom. The van der Waals surface area contributed by atoms with Gasteiger partial charge in [0.05, 0.1) is 12.0 Å². The Morgan fingerprint density at radius 1 is 1.28 bits per heavy atom. The van der Waals surface area contributed by atoms with Gasteiger partial charge in [-0.05, 0) is 43.7 Å². The molecule has 1 saturated heterocycles. The summed E-state index contributed by atoms with van der Waals surface area (Å²) < 4.78 is 6.69. The number of thioether (sulfide) groups is 1. The number of rotatable bonds is 4. The van der Waals surface area contributed by atoms with Gasteiger partial charge in [-0.15, -0.1) is 10.2 Å². The molecule has 1 amide bonds. The van der Waals surface area contributed by atoms with Crippen LogP contribution in [0.3, 0.4) is 0 Å². The Morgan fingerprint density at radius 3 is 2.96 bits per heavy atom. The van der Waals surface area contributed by atoms with Gasteiger partial charge in [-0.2, -0.15) is 0 Å². The van der Waals surface area contributed by atoms with E-state index in [1.54, 1.807) is 18.4 Å². The molecule has 0 bridgehead atoms. The second-order valence-electron chi connectivity index (χ2n) is 6.78. The minimum Gasteiger partial charge on any atom is -0.461 e. The molecule has 4 rings (SSSR count). The monoisotopic (exact) mass is 361 g/mol. The summed E-state index contributed by atoms with van der Waals surface area (Å²) in [6, 6.07) is 3.99. The maximum absolute atomic E-state index is 12.8. The Kier molecular flexibility index (Phi) is 4.70. The van der Waals surface area contributed by atoms with Gasteiger partial charge in [0, 0.05) is 12.6 Å². The third-order valence-corrected chi connectivity index (χ3v) is 6.22. The molecule has 2 aromatic heterocycles. The third kappa shape index (κ3) is 3.27. The van der Waals surface area contributed by atoms with E-state index in [1.807, 2.05) is 0 Å². The molecule has 2 N–H and O–H groups in total. The maximum atomic E-state index is 12.8. The van der Waals surface area contributed by atoms with Crippen LogP contribution in [-0.2, 0) is 4.79 Å². The predicted molar refractivity (Wildman–Crippen MR) is 95.3 cm³/mol. The minimum atomic E-state index is 0.184. The number of furan rings is 1. The van der Waals surface area contributed by atoms with Crippen LogP contribution in [0.1, 0.15) is 38.5 Å². The van der Waals surface area contributed by atoms with E-state index >= 15 is 0 Å². The molecular weight excluding hydrogens is 338 g/mol. The van der Waals surface area contributed by atoms with Crippen LogP contribution >= 0.6 is 11.8 Å². The fourth-order valence-corrected chi connectivity index (χ4v) is 4.84. The molecular formula is C17H23N5O2S. The molecule has 2 atom stereocenters. The van der Waals surface area contributed by atoms with Crippen LogP contribution in [0.25, 0.3) is 11.6 Å². The SMILES string of the molecule is Nn1c(SCC(=O)N2CCCC3CCCCC32)nnc1-c1ccco1. The van der Waals surface area contributed by atoms with Crippen molar-refractivity contribution in [1.29, 1.82) is 0 Å². The lowest BCUT2D eigenvalue weighted by Crippen LogP contribution is -2.50. The van der Waals surface area contributed by atoms with Crippen molar-refractivity contribution in [2.24, 2.45) is 5.92 Å². The van der Waals surface area contributed by atoms with Gasteiger partial charge >= 0.3 is 0 Å². The predicted octanol–water partition coefficient (Wildman–Crippen LogP) is 2.53. The Hall–Kier alpha value is -1.96. The van der Waals surface area contributed by atoms with E-state index in [9.17, 15) is 4.79 Å². The van der Waals surface area contributed by atoms with Gasteiger partial charge in [-0.3, -0.25) is 4.79 Å². The molecule has 0 aromatic carbocycles. The number of hydrogen-bond donors (Lipinski definition) is 1. The average Bonchev–Trinajstić information content (AvgIpc) is 3.29. The quantitative estimate of drug-likeness (QED) is 0.665. The number of carbonyl (C=O) groups excluding carboxylic acids is 1. The second-order valence-corrected chi connectivity index (χ2v) is 7.73. The van der Waals surface area contributed by atoms with Crippen LogP contribution in [0.4, 0.5) is 0 Å². The summed E-state index contributed by atoms with van der Waals surface area (Å²) in [5.41, 5.74) is 0. The number of nitrogen functional groups attached to an aromatic ring is 1. The first-order chi connectivity index (χ1) is 12.2. The molecule has 134 valence electrons. The first-order valence-electron chi connectivity index (χ1n) is 8.90. The van der Waals surface area contributed by atoms with E-state index in [4.69, 9.17) is 10.3 Å². The zero-order valence-electron chi connectivity index (χ0n) is 14.1. The molecule has 1 aliphatic carbocycles. The van der Waals surface area contributed by atoms with E-state index in [0.29, 0.717) is 34.5 Å². The Balaban J connectivity index is 1.40. The van der Waals surface area contributed by atoms with Crippen LogP contribution in [-0.4, -0.2) is 44.0 Å². The van der Waals surface area contributed by atoms with E-state index in [0.717, 1.165) is 19.4 Å². The normalized spacial score (nSPS) is 23.4. The van der Waals surface area contributed by atoms with Crippen LogP contribution in [0.2, 0.25) is 0 Å². The van der Waals surface area contributed by atoms with Crippen molar-refractivity contribution in [3.63, 3.8) is 0 Å². The molecule has 7 nitrogen and oxygen atoms in total. The largest absolute Gasteiger partial charge is 0.461 e. The highest BCUT2D eigenvalue weighted by atomic mass is 32.2. The van der Waals surface area contributed by atoms with Gasteiger partial charge in [-0.1, -0.05) is 24.6 Å². The van der Waals surface area contributed by atoms with Crippen LogP contribution in [0.5, 0.6) is 0 Å². The first kappa shape index (κ1) is 16.5. The Labute approximate surface area is 150 Å². The highest BCUT2D eigenvalue weighted by molar-refractivity contribution is 7.99. The van der Waals surface area contributed by atoms with Crippen LogP contribution < -0.4 is 5.84 Å². The zero-order chi connectivity index (χ0) is 17.2. The zero-order valence-corrected chi connectivity index (χ0v) is 15.0. The van der Waals surface area contributed by atoms with Crippen molar-refractivity contribution in [1.82, 2.24) is 19.8 Å². The summed E-state index contributed by atoms with van der Waals surface area (Å²) in [5, 5.41) is 8.68. The van der Waals surface area contributed by atoms with Gasteiger partial charge in [0.1, 0.15) is 0 Å². The van der Waals surface area contributed by atoms with Gasteiger partial charge in [-0.25, -0.2) is 4.68 Å². The number of nitrogens with two attached hydrogens (primary N) is 1. The summed E-state index contributed by atoms with van der Waals surface area (Å²) in [7, 11) is 0. The highest BCUT2D eigenvalue weighted by Crippen LogP contribution is 2.35. The van der Waals surface area contributed by atoms with Crippen molar-refractivity contribution in [3.8, 4) is 11.6 Å². The highest BCUT2D eigenvalue weighted by Gasteiger charge is 2.35. The number of fused-ring (bicyclic) bond motifs is 1. The number of nitrogens with zero attached hydrogens (tertiary/aromatic N) is 4. The fourth-order valence-electron chi connectivity index (χ4n) is 4.09. The number of likely N-dealkylation sites (tertiary alicyclic amines) is 1. The lowest BCUT2D eigenvalue weighted by atomic mass is 9.78. The molecule has 2 fully saturated rings. The van der Waals surface area contributed by atoms with Crippen molar-refractivity contribution in [3.05, 3.63) is 18.4 Å². The number of aromatic nitrogens is 3. The molecule has 3 heterocycles. The van der Waals surface area contributed by atoms with Gasteiger partial charge in [0.25, 0.3) is 0 Å². The number of carbonyl (C=O) groups is 1. The van der Waals surface area contributed by atoms with E-state index in [2.05, 4.69) is 15.1 Å². The third-order valence-electron chi connectivity index (χ3n) is 5.29. The number of amides is 1. The van der Waals surface area contributed by atoms with Gasteiger partial charge in [0.2, 0.25) is 16.9 Å². The van der Waals surface area contributed by atoms with Crippen LogP contribution in [0, 0.1) is 5.92 Å². The average molecular weight is 361 g/mol. The summed E-state index contributed by atoms with van der Waals surface area (Å²) in [5.74, 6) is 8.30. The maximum Gasteiger partial charge on any atom is 0.233 e. The molecule has 2 aliphatic rings. The van der Waals surface area contributed by atoms with Crippen molar-refractivity contribution >= 4 is 17.7 Å². The topological polar surface area (TPSA) is 90.2 Å². The molecule has 0 radical (unpaired) electrons. The molecule has 2 unspecified atom stereocenters. The molecule has 1 aliphatic heterocycles. The van der Waals surface area contributed by atoms with Crippen molar-refractivity contribution in [2.45, 2.75) is 49.7 Å². The second kappa shape index (κ2) is 7.11. The van der Waals surface area contributed by atoms with E-state index < -0.39 is 0 Å². The molecule has 8 heteroatoms. The summed E-state index contributed by atoms with van der Waals surface area (Å²) >= 11 is 1.34. The number of piperidine rings is 1. The lowest BCUT2D eigenvalue weighted by Gasteiger charge is -2.44. The summed E-state index contributed by atoms with van der Waals surface area (Å²) in [6.45, 7) is 0.882. The summed E-state index contributed by atoms with van der Waals surface area (Å²) in [4.78, 5) is 14.9. The van der Waals surface area contributed by atoms with Crippen molar-refractivity contribution < 1.29 is 9.21 Å². The fraction of sp³-hybridized carbons (Fsp3) is 0.588. The van der Waals surface area contributed by atoms with E-state index in [-0.39, 0.29) is 5.91 Å². The minimum absolute atomic E-state index is 0.184. The van der Waals surface area contributed by atoms with Crippen LogP contribution in [0.15, 0.2) is 28.0 Å². The number of hydrogen-bond acceptors (Lipinski definition) is 6. The first-order valence-corrected chi connectivity index (χ1v) is 9.89. The van der Waals surface area contributed by atoms with Crippen molar-refractivity contribution in [2.75, 3.05) is 18.1 Å². The Bertz CT molecular complexity index is 727. The van der Waals surface area contributed by atoms with E-state index in [1.165, 1.54) is 42.1 Å². The molecule has 25 heavy (non-hydrogen) atoms. The summed E-state index contributed by atoms with van der Waals surface area (Å²) in [6.07, 6.45) is 8.92. The smallest absolute Gasteiger partial charge is 0.233 e.